The van der Waals surface area contributed by atoms with Crippen molar-refractivity contribution in [2.45, 2.75) is 31.7 Å². The summed E-state index contributed by atoms with van der Waals surface area (Å²) in [4.78, 5) is 20.9. The first-order valence-electron chi connectivity index (χ1n) is 7.24. The molecule has 1 aliphatic carbocycles. The normalized spacial score (nSPS) is 15.4. The Bertz CT molecular complexity index is 490. The Hall–Kier alpha value is -1.89. The van der Waals surface area contributed by atoms with E-state index in [2.05, 4.69) is 25.9 Å². The lowest BCUT2D eigenvalue weighted by molar-refractivity contribution is -0.121. The molecule has 1 atom stereocenters. The second-order valence-electron chi connectivity index (χ2n) is 5.17. The monoisotopic (exact) mass is 293 g/mol. The molecule has 0 radical (unpaired) electrons. The maximum absolute atomic E-state index is 11.9. The number of carbonyl (C=O) groups is 1. The molecule has 0 aromatic carbocycles. The number of ether oxygens (including phenoxy) is 1. The van der Waals surface area contributed by atoms with E-state index in [1.807, 2.05) is 13.1 Å². The predicted molar refractivity (Wildman–Crippen MR) is 81.5 cm³/mol. The van der Waals surface area contributed by atoms with Gasteiger partial charge in [-0.3, -0.25) is 4.79 Å². The summed E-state index contributed by atoms with van der Waals surface area (Å²) in [5.41, 5.74) is 0. The van der Waals surface area contributed by atoms with Crippen LogP contribution in [0.5, 0.6) is 0 Å². The first kappa shape index (κ1) is 15.5. The zero-order chi connectivity index (χ0) is 15.2. The van der Waals surface area contributed by atoms with Gasteiger partial charge in [0.05, 0.1) is 6.61 Å². The van der Waals surface area contributed by atoms with E-state index in [4.69, 9.17) is 4.74 Å². The lowest BCUT2D eigenvalue weighted by Crippen LogP contribution is -2.39. The molecule has 1 aromatic heterocycles. The molecule has 0 saturated heterocycles. The average Bonchev–Trinajstić information content (AvgIpc) is 3.31. The minimum Gasteiger partial charge on any atom is -0.383 e. The highest BCUT2D eigenvalue weighted by atomic mass is 16.5. The van der Waals surface area contributed by atoms with Gasteiger partial charge in [0.1, 0.15) is 23.5 Å². The Labute approximate surface area is 124 Å². The Morgan fingerprint density at radius 2 is 2.14 bits per heavy atom. The zero-order valence-corrected chi connectivity index (χ0v) is 12.8. The highest BCUT2D eigenvalue weighted by Crippen LogP contribution is 2.38. The van der Waals surface area contributed by atoms with E-state index in [1.54, 1.807) is 14.0 Å². The van der Waals surface area contributed by atoms with Gasteiger partial charge in [-0.1, -0.05) is 0 Å². The van der Waals surface area contributed by atoms with E-state index < -0.39 is 0 Å². The number of amides is 1. The number of anilines is 2. The molecule has 1 unspecified atom stereocenters. The molecule has 116 valence electrons. The standard InChI is InChI=1S/C14H23N5O2/c1-9(14(20)16-6-7-21-3)17-12-8-11(15-2)18-13(19-12)10-4-5-10/h8-10H,4-7H2,1-3H3,(H,16,20)(H2,15,17,18,19). The van der Waals surface area contributed by atoms with Crippen LogP contribution in [0.2, 0.25) is 0 Å². The summed E-state index contributed by atoms with van der Waals surface area (Å²) in [6.07, 6.45) is 2.28. The van der Waals surface area contributed by atoms with Crippen molar-refractivity contribution in [1.82, 2.24) is 15.3 Å². The number of methoxy groups -OCH3 is 1. The van der Waals surface area contributed by atoms with Gasteiger partial charge in [0, 0.05) is 32.7 Å². The van der Waals surface area contributed by atoms with Gasteiger partial charge in [0.15, 0.2) is 0 Å². The summed E-state index contributed by atoms with van der Waals surface area (Å²) in [5.74, 6) is 2.66. The smallest absolute Gasteiger partial charge is 0.242 e. The van der Waals surface area contributed by atoms with Crippen molar-refractivity contribution in [3.05, 3.63) is 11.9 Å². The zero-order valence-electron chi connectivity index (χ0n) is 12.8. The van der Waals surface area contributed by atoms with E-state index in [1.165, 1.54) is 0 Å². The highest BCUT2D eigenvalue weighted by molar-refractivity contribution is 5.83. The molecule has 0 spiro atoms. The van der Waals surface area contributed by atoms with Crippen LogP contribution in [0.1, 0.15) is 31.5 Å². The first-order valence-corrected chi connectivity index (χ1v) is 7.24. The fourth-order valence-electron chi connectivity index (χ4n) is 1.91. The Morgan fingerprint density at radius 3 is 2.76 bits per heavy atom. The number of nitrogens with zero attached hydrogens (tertiary/aromatic N) is 2. The van der Waals surface area contributed by atoms with Crippen molar-refractivity contribution in [2.24, 2.45) is 0 Å². The minimum atomic E-state index is -0.367. The van der Waals surface area contributed by atoms with Crippen LogP contribution in [-0.4, -0.2) is 49.2 Å². The SMILES string of the molecule is CNc1cc(NC(C)C(=O)NCCOC)nc(C2CC2)n1. The number of carbonyl (C=O) groups excluding carboxylic acids is 1. The van der Waals surface area contributed by atoms with E-state index >= 15 is 0 Å². The van der Waals surface area contributed by atoms with Crippen molar-refractivity contribution in [3.8, 4) is 0 Å². The number of rotatable bonds is 8. The van der Waals surface area contributed by atoms with Gasteiger partial charge in [0.2, 0.25) is 5.91 Å². The van der Waals surface area contributed by atoms with Crippen molar-refractivity contribution < 1.29 is 9.53 Å². The predicted octanol–water partition coefficient (Wildman–Crippen LogP) is 0.959. The molecule has 2 rings (SSSR count). The van der Waals surface area contributed by atoms with Crippen molar-refractivity contribution in [2.75, 3.05) is 37.9 Å². The second-order valence-corrected chi connectivity index (χ2v) is 5.17. The largest absolute Gasteiger partial charge is 0.383 e. The summed E-state index contributed by atoms with van der Waals surface area (Å²) in [7, 11) is 3.43. The van der Waals surface area contributed by atoms with Gasteiger partial charge < -0.3 is 20.7 Å². The highest BCUT2D eigenvalue weighted by Gasteiger charge is 2.27. The van der Waals surface area contributed by atoms with Gasteiger partial charge in [-0.05, 0) is 19.8 Å². The maximum Gasteiger partial charge on any atom is 0.242 e. The molecule has 7 nitrogen and oxygen atoms in total. The van der Waals surface area contributed by atoms with Gasteiger partial charge in [-0.25, -0.2) is 9.97 Å². The molecule has 7 heteroatoms. The van der Waals surface area contributed by atoms with Gasteiger partial charge >= 0.3 is 0 Å². The third kappa shape index (κ3) is 4.56. The first-order chi connectivity index (χ1) is 10.1. The van der Waals surface area contributed by atoms with E-state index in [0.29, 0.717) is 24.9 Å². The summed E-state index contributed by atoms with van der Waals surface area (Å²) in [5, 5.41) is 8.95. The third-order valence-corrected chi connectivity index (χ3v) is 3.31. The summed E-state index contributed by atoms with van der Waals surface area (Å²) >= 11 is 0. The Kier molecular flexibility index (Phi) is 5.32. The topological polar surface area (TPSA) is 88.2 Å². The van der Waals surface area contributed by atoms with Crippen molar-refractivity contribution in [1.29, 1.82) is 0 Å². The summed E-state index contributed by atoms with van der Waals surface area (Å²) < 4.78 is 4.91. The summed E-state index contributed by atoms with van der Waals surface area (Å²) in [6, 6.07) is 1.44. The molecular weight excluding hydrogens is 270 g/mol. The number of hydrogen-bond acceptors (Lipinski definition) is 6. The lowest BCUT2D eigenvalue weighted by atomic mass is 10.3. The molecule has 1 heterocycles. The lowest BCUT2D eigenvalue weighted by Gasteiger charge is -2.15. The number of hydrogen-bond donors (Lipinski definition) is 3. The van der Waals surface area contributed by atoms with Crippen LogP contribution in [0.15, 0.2) is 6.07 Å². The van der Waals surface area contributed by atoms with Crippen LogP contribution in [0.4, 0.5) is 11.6 Å². The average molecular weight is 293 g/mol. The maximum atomic E-state index is 11.9. The van der Waals surface area contributed by atoms with Crippen LogP contribution in [0, 0.1) is 0 Å². The number of aromatic nitrogens is 2. The molecule has 1 aliphatic rings. The van der Waals surface area contributed by atoms with E-state index in [9.17, 15) is 4.79 Å². The molecular formula is C14H23N5O2. The molecule has 3 N–H and O–H groups in total. The molecule has 1 fully saturated rings. The van der Waals surface area contributed by atoms with E-state index in [0.717, 1.165) is 24.5 Å². The molecule has 0 aliphatic heterocycles. The molecule has 1 amide bonds. The van der Waals surface area contributed by atoms with Crippen molar-refractivity contribution in [3.63, 3.8) is 0 Å². The van der Waals surface area contributed by atoms with Crippen LogP contribution in [0.25, 0.3) is 0 Å². The fraction of sp³-hybridized carbons (Fsp3) is 0.643. The van der Waals surface area contributed by atoms with Crippen LogP contribution < -0.4 is 16.0 Å². The quantitative estimate of drug-likeness (QED) is 0.619. The van der Waals surface area contributed by atoms with Gasteiger partial charge in [0.25, 0.3) is 0 Å². The second kappa shape index (κ2) is 7.21. The molecule has 1 aromatic rings. The van der Waals surface area contributed by atoms with Gasteiger partial charge in [-0.15, -0.1) is 0 Å². The Morgan fingerprint density at radius 1 is 1.43 bits per heavy atom. The van der Waals surface area contributed by atoms with Crippen LogP contribution in [0.3, 0.4) is 0 Å². The molecule has 0 bridgehead atoms. The third-order valence-electron chi connectivity index (χ3n) is 3.31. The van der Waals surface area contributed by atoms with Crippen LogP contribution in [-0.2, 0) is 9.53 Å². The molecule has 1 saturated carbocycles. The van der Waals surface area contributed by atoms with Crippen LogP contribution >= 0.6 is 0 Å². The Balaban J connectivity index is 1.97. The number of nitrogens with one attached hydrogen (secondary N) is 3. The fourth-order valence-corrected chi connectivity index (χ4v) is 1.91. The van der Waals surface area contributed by atoms with Gasteiger partial charge in [-0.2, -0.15) is 0 Å². The van der Waals surface area contributed by atoms with Crippen molar-refractivity contribution >= 4 is 17.5 Å². The van der Waals surface area contributed by atoms with E-state index in [-0.39, 0.29) is 11.9 Å². The molecule has 21 heavy (non-hydrogen) atoms. The summed E-state index contributed by atoms with van der Waals surface area (Å²) in [6.45, 7) is 2.81. The minimum absolute atomic E-state index is 0.0790.